The molecule has 0 spiro atoms. The van der Waals surface area contributed by atoms with Gasteiger partial charge in [0.15, 0.2) is 0 Å². The second kappa shape index (κ2) is 14.8. The Bertz CT molecular complexity index is 305. The number of hydrogen-bond acceptors (Lipinski definition) is 2. The molecule has 0 amide bonds. The lowest BCUT2D eigenvalue weighted by Crippen LogP contribution is -2.06. The Morgan fingerprint density at radius 2 is 1.52 bits per heavy atom. The predicted molar refractivity (Wildman–Crippen MR) is 101 cm³/mol. The summed E-state index contributed by atoms with van der Waals surface area (Å²) in [6, 6.07) is 0. The molecule has 0 bridgehead atoms. The summed E-state index contributed by atoms with van der Waals surface area (Å²) < 4.78 is 4.64. The fourth-order valence-corrected chi connectivity index (χ4v) is 2.83. The second-order valence-corrected chi connectivity index (χ2v) is 7.44. The zero-order chi connectivity index (χ0) is 17.4. The van der Waals surface area contributed by atoms with Crippen molar-refractivity contribution in [2.45, 2.75) is 104 Å². The summed E-state index contributed by atoms with van der Waals surface area (Å²) >= 11 is 0. The van der Waals surface area contributed by atoms with Gasteiger partial charge in [0.2, 0.25) is 0 Å². The number of unbranched alkanes of at least 4 members (excludes halogenated alkanes) is 9. The van der Waals surface area contributed by atoms with Gasteiger partial charge in [0.25, 0.3) is 0 Å². The van der Waals surface area contributed by atoms with E-state index in [-0.39, 0.29) is 5.97 Å². The molecule has 0 saturated carbocycles. The zero-order valence-corrected chi connectivity index (χ0v) is 16.2. The molecule has 0 rings (SSSR count). The van der Waals surface area contributed by atoms with E-state index in [1.54, 1.807) is 0 Å². The monoisotopic (exact) mass is 324 g/mol. The number of hydrogen-bond donors (Lipinski definition) is 0. The van der Waals surface area contributed by atoms with E-state index in [4.69, 9.17) is 0 Å². The van der Waals surface area contributed by atoms with Gasteiger partial charge in [-0.15, -0.1) is 0 Å². The molecule has 0 heterocycles. The summed E-state index contributed by atoms with van der Waals surface area (Å²) in [5.41, 5.74) is 0.354. The molecule has 136 valence electrons. The third kappa shape index (κ3) is 15.9. The maximum absolute atomic E-state index is 11.0. The van der Waals surface area contributed by atoms with Crippen molar-refractivity contribution in [3.8, 4) is 0 Å². The average Bonchev–Trinajstić information content (AvgIpc) is 2.52. The lowest BCUT2D eigenvalue weighted by Gasteiger charge is -2.20. The van der Waals surface area contributed by atoms with Crippen molar-refractivity contribution >= 4 is 5.97 Å². The smallest absolute Gasteiger partial charge is 0.305 e. The Morgan fingerprint density at radius 1 is 0.913 bits per heavy atom. The number of methoxy groups -OCH3 is 1. The molecule has 2 heteroatoms. The molecule has 2 nitrogen and oxygen atoms in total. The van der Waals surface area contributed by atoms with Crippen molar-refractivity contribution in [1.29, 1.82) is 0 Å². The third-order valence-corrected chi connectivity index (χ3v) is 4.47. The Kier molecular flexibility index (Phi) is 14.3. The van der Waals surface area contributed by atoms with Crippen LogP contribution in [0, 0.1) is 5.41 Å². The van der Waals surface area contributed by atoms with Crippen LogP contribution in [0.15, 0.2) is 12.2 Å². The largest absolute Gasteiger partial charge is 0.469 e. The normalized spacial score (nSPS) is 12.0. The summed E-state index contributed by atoms with van der Waals surface area (Å²) in [5.74, 6) is -0.0788. The molecule has 0 aliphatic rings. The van der Waals surface area contributed by atoms with Crippen molar-refractivity contribution in [1.82, 2.24) is 0 Å². The highest BCUT2D eigenvalue weighted by Crippen LogP contribution is 2.26. The van der Waals surface area contributed by atoms with E-state index >= 15 is 0 Å². The van der Waals surface area contributed by atoms with E-state index in [9.17, 15) is 4.79 Å². The van der Waals surface area contributed by atoms with E-state index < -0.39 is 0 Å². The predicted octanol–water partition coefficient (Wildman–Crippen LogP) is 6.83. The van der Waals surface area contributed by atoms with E-state index in [0.29, 0.717) is 11.8 Å². The summed E-state index contributed by atoms with van der Waals surface area (Å²) in [5, 5.41) is 0. The minimum Gasteiger partial charge on any atom is -0.469 e. The molecule has 0 radical (unpaired) electrons. The number of esters is 1. The van der Waals surface area contributed by atoms with Crippen LogP contribution in [0.25, 0.3) is 0 Å². The Morgan fingerprint density at radius 3 is 2.22 bits per heavy atom. The first-order chi connectivity index (χ1) is 11.0. The van der Waals surface area contributed by atoms with Gasteiger partial charge in [0, 0.05) is 6.42 Å². The highest BCUT2D eigenvalue weighted by Gasteiger charge is 2.12. The van der Waals surface area contributed by atoms with E-state index in [1.165, 1.54) is 71.3 Å². The lowest BCUT2D eigenvalue weighted by molar-refractivity contribution is -0.140. The van der Waals surface area contributed by atoms with Crippen LogP contribution in [0.2, 0.25) is 0 Å². The topological polar surface area (TPSA) is 26.3 Å². The quantitative estimate of drug-likeness (QED) is 0.187. The van der Waals surface area contributed by atoms with Crippen LogP contribution in [-0.4, -0.2) is 13.1 Å². The molecule has 0 aromatic carbocycles. The van der Waals surface area contributed by atoms with Crippen LogP contribution in [0.5, 0.6) is 0 Å². The number of carbonyl (C=O) groups is 1. The molecule has 0 saturated heterocycles. The molecular formula is C21H40O2. The number of ether oxygens (including phenoxy) is 1. The number of rotatable bonds is 15. The maximum atomic E-state index is 11.0. The molecule has 0 aliphatic carbocycles. The van der Waals surface area contributed by atoms with Crippen LogP contribution in [0.3, 0.4) is 0 Å². The Hall–Kier alpha value is -0.790. The van der Waals surface area contributed by atoms with Crippen molar-refractivity contribution in [2.24, 2.45) is 5.41 Å². The molecular weight excluding hydrogens is 284 g/mol. The summed E-state index contributed by atoms with van der Waals surface area (Å²) in [4.78, 5) is 11.0. The minimum absolute atomic E-state index is 0.0788. The van der Waals surface area contributed by atoms with Crippen LogP contribution < -0.4 is 0 Å². The van der Waals surface area contributed by atoms with Gasteiger partial charge in [-0.3, -0.25) is 4.79 Å². The Labute approximate surface area is 145 Å². The highest BCUT2D eigenvalue weighted by atomic mass is 16.5. The maximum Gasteiger partial charge on any atom is 0.305 e. The second-order valence-electron chi connectivity index (χ2n) is 7.44. The molecule has 0 fully saturated rings. The van der Waals surface area contributed by atoms with Gasteiger partial charge in [0.05, 0.1) is 7.11 Å². The fraction of sp³-hybridized carbons (Fsp3) is 0.857. The molecule has 0 aromatic heterocycles. The molecule has 0 atom stereocenters. The molecule has 0 unspecified atom stereocenters. The first-order valence-electron chi connectivity index (χ1n) is 9.76. The molecule has 0 aromatic rings. The molecule has 23 heavy (non-hydrogen) atoms. The van der Waals surface area contributed by atoms with Gasteiger partial charge in [-0.25, -0.2) is 0 Å². The average molecular weight is 325 g/mol. The van der Waals surface area contributed by atoms with Crippen LogP contribution in [0.1, 0.15) is 104 Å². The van der Waals surface area contributed by atoms with Gasteiger partial charge in [0.1, 0.15) is 0 Å². The van der Waals surface area contributed by atoms with Gasteiger partial charge < -0.3 is 4.74 Å². The first kappa shape index (κ1) is 22.2. The van der Waals surface area contributed by atoms with E-state index in [2.05, 4.69) is 37.7 Å². The Balaban J connectivity index is 3.51. The summed E-state index contributed by atoms with van der Waals surface area (Å²) in [7, 11) is 1.46. The van der Waals surface area contributed by atoms with Gasteiger partial charge >= 0.3 is 5.97 Å². The molecule has 0 N–H and O–H groups in total. The fourth-order valence-electron chi connectivity index (χ4n) is 2.83. The van der Waals surface area contributed by atoms with E-state index in [1.807, 2.05) is 0 Å². The van der Waals surface area contributed by atoms with Gasteiger partial charge in [-0.05, 0) is 31.1 Å². The van der Waals surface area contributed by atoms with Crippen molar-refractivity contribution in [3.63, 3.8) is 0 Å². The zero-order valence-electron chi connectivity index (χ0n) is 16.2. The van der Waals surface area contributed by atoms with Crippen LogP contribution in [0.4, 0.5) is 0 Å². The number of allylic oxidation sites excluding steroid dienone is 2. The third-order valence-electron chi connectivity index (χ3n) is 4.47. The van der Waals surface area contributed by atoms with Gasteiger partial charge in [-0.2, -0.15) is 0 Å². The number of carbonyl (C=O) groups excluding carboxylic acids is 1. The van der Waals surface area contributed by atoms with Gasteiger partial charge in [-0.1, -0.05) is 84.3 Å². The summed E-state index contributed by atoms with van der Waals surface area (Å²) in [6.07, 6.45) is 20.6. The van der Waals surface area contributed by atoms with Crippen LogP contribution in [-0.2, 0) is 9.53 Å². The lowest BCUT2D eigenvalue weighted by atomic mass is 9.86. The minimum atomic E-state index is -0.0788. The first-order valence-corrected chi connectivity index (χ1v) is 9.76. The van der Waals surface area contributed by atoms with Crippen molar-refractivity contribution in [2.75, 3.05) is 7.11 Å². The molecule has 0 aliphatic heterocycles. The van der Waals surface area contributed by atoms with Crippen molar-refractivity contribution in [3.05, 3.63) is 12.2 Å². The van der Waals surface area contributed by atoms with Crippen molar-refractivity contribution < 1.29 is 9.53 Å². The van der Waals surface area contributed by atoms with E-state index in [0.717, 1.165) is 12.8 Å². The van der Waals surface area contributed by atoms with Crippen LogP contribution >= 0.6 is 0 Å². The summed E-state index contributed by atoms with van der Waals surface area (Å²) in [6.45, 7) is 6.98. The SMILES string of the molecule is CCCCCCCC(C)(C)/C=C/CCCCCCCC(=O)OC. The highest BCUT2D eigenvalue weighted by molar-refractivity contribution is 5.68. The standard InChI is InChI=1S/C21H40O2/c1-5-6-7-12-15-18-21(2,3)19-16-13-10-8-9-11-14-17-20(22)23-4/h16,19H,5-15,17-18H2,1-4H3/b19-16+.